The quantitative estimate of drug-likeness (QED) is 0.446. The minimum atomic E-state index is -0.950. The first kappa shape index (κ1) is 12.9. The zero-order valence-corrected chi connectivity index (χ0v) is 9.67. The fourth-order valence-electron chi connectivity index (χ4n) is 1.14. The number of hydrogen-bond donors (Lipinski definition) is 0. The molecule has 1 aromatic heterocycles. The topological polar surface area (TPSA) is 91.6 Å². The Morgan fingerprint density at radius 3 is 2.76 bits per heavy atom. The highest BCUT2D eigenvalue weighted by atomic mass is 16.6. The Labute approximate surface area is 97.5 Å². The molecule has 0 N–H and O–H groups in total. The van der Waals surface area contributed by atoms with E-state index in [9.17, 15) is 14.9 Å². The molecular weight excluding hydrogens is 228 g/mol. The molecule has 1 rings (SSSR count). The normalized spacial score (nSPS) is 11.7. The van der Waals surface area contributed by atoms with Crippen LogP contribution in [0.25, 0.3) is 0 Å². The van der Waals surface area contributed by atoms with Gasteiger partial charge in [0.2, 0.25) is 0 Å². The van der Waals surface area contributed by atoms with Gasteiger partial charge in [-0.05, 0) is 19.4 Å². The molecule has 1 heterocycles. The first-order chi connectivity index (χ1) is 7.95. The zero-order valence-electron chi connectivity index (χ0n) is 9.67. The van der Waals surface area contributed by atoms with Gasteiger partial charge in [0.05, 0.1) is 12.0 Å². The summed E-state index contributed by atoms with van der Waals surface area (Å²) in [5, 5.41) is 10.8. The van der Waals surface area contributed by atoms with E-state index in [1.807, 2.05) is 0 Å². The molecule has 0 aliphatic rings. The predicted molar refractivity (Wildman–Crippen MR) is 57.7 cm³/mol. The molecule has 0 amide bonds. The highest BCUT2D eigenvalue weighted by molar-refractivity contribution is 5.74. The summed E-state index contributed by atoms with van der Waals surface area (Å²) in [5.41, 5.74) is 0.357. The van der Waals surface area contributed by atoms with Crippen molar-refractivity contribution in [1.29, 1.82) is 0 Å². The Hall–Kier alpha value is -2.18. The average Bonchev–Trinajstić information content (AvgIpc) is 2.29. The zero-order chi connectivity index (χ0) is 13.0. The van der Waals surface area contributed by atoms with Crippen molar-refractivity contribution in [3.05, 3.63) is 27.9 Å². The third-order valence-corrected chi connectivity index (χ3v) is 1.99. The summed E-state index contributed by atoms with van der Waals surface area (Å²) in [6, 6.07) is 1.33. The SMILES string of the molecule is COC(=O)[C@H](C)Oc1ncc(C)cc1[N+](=O)[O-]. The second kappa shape index (κ2) is 5.24. The lowest BCUT2D eigenvalue weighted by molar-refractivity contribution is -0.386. The Balaban J connectivity index is 2.98. The number of rotatable bonds is 4. The lowest BCUT2D eigenvalue weighted by Crippen LogP contribution is -2.25. The van der Waals surface area contributed by atoms with Gasteiger partial charge in [0.15, 0.2) is 6.10 Å². The van der Waals surface area contributed by atoms with Crippen LogP contribution in [0, 0.1) is 17.0 Å². The predicted octanol–water partition coefficient (Wildman–Crippen LogP) is 1.24. The number of methoxy groups -OCH3 is 1. The summed E-state index contributed by atoms with van der Waals surface area (Å²) < 4.78 is 9.53. The van der Waals surface area contributed by atoms with Crippen LogP contribution in [0.3, 0.4) is 0 Å². The summed E-state index contributed by atoms with van der Waals surface area (Å²) >= 11 is 0. The lowest BCUT2D eigenvalue weighted by Gasteiger charge is -2.11. The number of pyridine rings is 1. The molecule has 17 heavy (non-hydrogen) atoms. The maximum atomic E-state index is 11.1. The first-order valence-electron chi connectivity index (χ1n) is 4.81. The third-order valence-electron chi connectivity index (χ3n) is 1.99. The van der Waals surface area contributed by atoms with E-state index in [-0.39, 0.29) is 11.6 Å². The number of aryl methyl sites for hydroxylation is 1. The molecule has 1 atom stereocenters. The number of carbonyl (C=O) groups excluding carboxylic acids is 1. The number of esters is 1. The van der Waals surface area contributed by atoms with Crippen LogP contribution in [0.5, 0.6) is 5.88 Å². The summed E-state index contributed by atoms with van der Waals surface area (Å²) in [7, 11) is 1.21. The third kappa shape index (κ3) is 3.13. The second-order valence-electron chi connectivity index (χ2n) is 3.38. The Morgan fingerprint density at radius 2 is 2.24 bits per heavy atom. The summed E-state index contributed by atoms with van der Waals surface area (Å²) in [5.74, 6) is -0.819. The van der Waals surface area contributed by atoms with Crippen molar-refractivity contribution in [1.82, 2.24) is 4.98 Å². The fourth-order valence-corrected chi connectivity index (χ4v) is 1.14. The molecule has 0 fully saturated rings. The number of ether oxygens (including phenoxy) is 2. The molecule has 92 valence electrons. The van der Waals surface area contributed by atoms with Crippen LogP contribution in [0.1, 0.15) is 12.5 Å². The van der Waals surface area contributed by atoms with Crippen LogP contribution in [-0.4, -0.2) is 29.1 Å². The highest BCUT2D eigenvalue weighted by Crippen LogP contribution is 2.25. The van der Waals surface area contributed by atoms with E-state index in [1.165, 1.54) is 26.3 Å². The molecule has 0 aromatic carbocycles. The standard InChI is InChI=1S/C10H12N2O5/c1-6-4-8(12(14)15)9(11-5-6)17-7(2)10(13)16-3/h4-5,7H,1-3H3/t7-/m0/s1. The van der Waals surface area contributed by atoms with E-state index < -0.39 is 17.0 Å². The first-order valence-corrected chi connectivity index (χ1v) is 4.81. The molecule has 0 spiro atoms. The number of carbonyl (C=O) groups is 1. The molecule has 0 unspecified atom stereocenters. The molecule has 7 heteroatoms. The molecule has 7 nitrogen and oxygen atoms in total. The fraction of sp³-hybridized carbons (Fsp3) is 0.400. The monoisotopic (exact) mass is 240 g/mol. The molecule has 0 saturated heterocycles. The van der Waals surface area contributed by atoms with Crippen LogP contribution in [0.4, 0.5) is 5.69 Å². The van der Waals surface area contributed by atoms with Gasteiger partial charge in [-0.25, -0.2) is 9.78 Å². The van der Waals surface area contributed by atoms with Crippen molar-refractivity contribution in [2.75, 3.05) is 7.11 Å². The Bertz CT molecular complexity index is 446. The maximum Gasteiger partial charge on any atom is 0.346 e. The summed E-state index contributed by atoms with van der Waals surface area (Å²) in [6.45, 7) is 3.10. The van der Waals surface area contributed by atoms with Crippen molar-refractivity contribution in [3.63, 3.8) is 0 Å². The van der Waals surface area contributed by atoms with Crippen LogP contribution in [0.2, 0.25) is 0 Å². The minimum absolute atomic E-state index is 0.196. The van der Waals surface area contributed by atoms with Crippen molar-refractivity contribution in [2.45, 2.75) is 20.0 Å². The summed E-state index contributed by atoms with van der Waals surface area (Å²) in [6.07, 6.45) is 0.473. The van der Waals surface area contributed by atoms with Gasteiger partial charge in [0.25, 0.3) is 5.88 Å². The number of aromatic nitrogens is 1. The minimum Gasteiger partial charge on any atom is -0.466 e. The van der Waals surface area contributed by atoms with Crippen molar-refractivity contribution >= 4 is 11.7 Å². The Morgan fingerprint density at radius 1 is 1.59 bits per heavy atom. The van der Waals surface area contributed by atoms with Gasteiger partial charge in [-0.15, -0.1) is 0 Å². The second-order valence-corrected chi connectivity index (χ2v) is 3.38. The molecule has 0 aliphatic heterocycles. The molecule has 0 bridgehead atoms. The largest absolute Gasteiger partial charge is 0.466 e. The van der Waals surface area contributed by atoms with Crippen LogP contribution < -0.4 is 4.74 Å². The van der Waals surface area contributed by atoms with Gasteiger partial charge in [-0.2, -0.15) is 0 Å². The highest BCUT2D eigenvalue weighted by Gasteiger charge is 2.22. The number of nitrogens with zero attached hydrogens (tertiary/aromatic N) is 2. The smallest absolute Gasteiger partial charge is 0.346 e. The van der Waals surface area contributed by atoms with E-state index in [1.54, 1.807) is 6.92 Å². The maximum absolute atomic E-state index is 11.1. The lowest BCUT2D eigenvalue weighted by atomic mass is 10.3. The van der Waals surface area contributed by atoms with Crippen LogP contribution in [0.15, 0.2) is 12.3 Å². The van der Waals surface area contributed by atoms with Crippen molar-refractivity contribution < 1.29 is 19.2 Å². The Kier molecular flexibility index (Phi) is 3.97. The van der Waals surface area contributed by atoms with Gasteiger partial charge in [-0.1, -0.05) is 0 Å². The van der Waals surface area contributed by atoms with Gasteiger partial charge >= 0.3 is 11.7 Å². The number of hydrogen-bond acceptors (Lipinski definition) is 6. The van der Waals surface area contributed by atoms with Gasteiger partial charge in [-0.3, -0.25) is 10.1 Å². The van der Waals surface area contributed by atoms with E-state index in [4.69, 9.17) is 4.74 Å². The molecule has 1 aromatic rings. The van der Waals surface area contributed by atoms with E-state index in [0.29, 0.717) is 5.56 Å². The van der Waals surface area contributed by atoms with E-state index in [0.717, 1.165) is 0 Å². The van der Waals surface area contributed by atoms with Crippen molar-refractivity contribution in [2.24, 2.45) is 0 Å². The van der Waals surface area contributed by atoms with Crippen LogP contribution in [-0.2, 0) is 9.53 Å². The average molecular weight is 240 g/mol. The summed E-state index contributed by atoms with van der Waals surface area (Å²) in [4.78, 5) is 25.1. The van der Waals surface area contributed by atoms with Gasteiger partial charge < -0.3 is 9.47 Å². The molecule has 0 aliphatic carbocycles. The van der Waals surface area contributed by atoms with E-state index >= 15 is 0 Å². The molecule has 0 radical (unpaired) electrons. The molecule has 0 saturated carbocycles. The van der Waals surface area contributed by atoms with Gasteiger partial charge in [0.1, 0.15) is 0 Å². The van der Waals surface area contributed by atoms with E-state index in [2.05, 4.69) is 9.72 Å². The van der Waals surface area contributed by atoms with Gasteiger partial charge in [0, 0.05) is 12.3 Å². The number of nitro groups is 1. The van der Waals surface area contributed by atoms with Crippen LogP contribution >= 0.6 is 0 Å². The molecular formula is C10H12N2O5. The van der Waals surface area contributed by atoms with Crippen molar-refractivity contribution in [3.8, 4) is 5.88 Å².